The van der Waals surface area contributed by atoms with Crippen LogP contribution in [0.4, 0.5) is 33.6 Å². The van der Waals surface area contributed by atoms with Crippen molar-refractivity contribution < 1.29 is 4.79 Å². The third kappa shape index (κ3) is 5.68. The average Bonchev–Trinajstić information content (AvgIpc) is 2.66. The van der Waals surface area contributed by atoms with Crippen molar-refractivity contribution in [1.82, 2.24) is 9.97 Å². The quantitative estimate of drug-likeness (QED) is 0.463. The van der Waals surface area contributed by atoms with Gasteiger partial charge in [0.15, 0.2) is 0 Å². The Kier molecular flexibility index (Phi) is 6.29. The number of urea groups is 1. The van der Waals surface area contributed by atoms with Crippen LogP contribution in [0.25, 0.3) is 0 Å². The van der Waals surface area contributed by atoms with E-state index in [0.717, 1.165) is 34.7 Å². The van der Waals surface area contributed by atoms with Crippen LogP contribution >= 0.6 is 0 Å². The second-order valence-corrected chi connectivity index (χ2v) is 6.85. The average molecular weight is 390 g/mol. The van der Waals surface area contributed by atoms with Crippen molar-refractivity contribution in [3.63, 3.8) is 0 Å². The van der Waals surface area contributed by atoms with Gasteiger partial charge in [-0.25, -0.2) is 9.78 Å². The van der Waals surface area contributed by atoms with Crippen molar-refractivity contribution in [1.29, 1.82) is 0 Å². The number of anilines is 5. The van der Waals surface area contributed by atoms with E-state index < -0.39 is 0 Å². The summed E-state index contributed by atoms with van der Waals surface area (Å²) in [4.78, 5) is 21.1. The van der Waals surface area contributed by atoms with Crippen molar-refractivity contribution in [3.8, 4) is 0 Å². The predicted octanol–water partition coefficient (Wildman–Crippen LogP) is 5.22. The maximum absolute atomic E-state index is 12.3. The van der Waals surface area contributed by atoms with Gasteiger partial charge >= 0.3 is 6.03 Å². The number of aromatic nitrogens is 2. The number of carbonyl (C=O) groups is 1. The Hall–Kier alpha value is -3.61. The lowest BCUT2D eigenvalue weighted by Gasteiger charge is -2.12. The molecule has 150 valence electrons. The zero-order chi connectivity index (χ0) is 20.8. The smallest absolute Gasteiger partial charge is 0.323 e. The van der Waals surface area contributed by atoms with E-state index in [4.69, 9.17) is 0 Å². The number of aryl methyl sites for hydroxylation is 3. The number of carbonyl (C=O) groups excluding carboxylic acids is 1. The Bertz CT molecular complexity index is 1000. The number of hydrogen-bond donors (Lipinski definition) is 4. The Balaban J connectivity index is 1.63. The summed E-state index contributed by atoms with van der Waals surface area (Å²) in [7, 11) is 0. The van der Waals surface area contributed by atoms with Gasteiger partial charge in [0.05, 0.1) is 0 Å². The fraction of sp³-hybridized carbons (Fsp3) is 0.227. The van der Waals surface area contributed by atoms with Gasteiger partial charge < -0.3 is 21.3 Å². The highest BCUT2D eigenvalue weighted by atomic mass is 16.2. The second-order valence-electron chi connectivity index (χ2n) is 6.85. The third-order valence-electron chi connectivity index (χ3n) is 4.25. The molecule has 0 radical (unpaired) electrons. The zero-order valence-electron chi connectivity index (χ0n) is 17.1. The van der Waals surface area contributed by atoms with Crippen LogP contribution in [0.15, 0.2) is 48.5 Å². The number of nitrogens with zero attached hydrogens (tertiary/aromatic N) is 2. The van der Waals surface area contributed by atoms with Crippen LogP contribution in [0.2, 0.25) is 0 Å². The molecule has 2 amide bonds. The van der Waals surface area contributed by atoms with Crippen LogP contribution in [-0.4, -0.2) is 22.5 Å². The van der Waals surface area contributed by atoms with Crippen molar-refractivity contribution >= 4 is 34.9 Å². The molecule has 7 heteroatoms. The lowest BCUT2D eigenvalue weighted by Crippen LogP contribution is -2.20. The van der Waals surface area contributed by atoms with Crippen LogP contribution < -0.4 is 21.3 Å². The summed E-state index contributed by atoms with van der Waals surface area (Å²) < 4.78 is 0. The Morgan fingerprint density at radius 1 is 0.897 bits per heavy atom. The van der Waals surface area contributed by atoms with Gasteiger partial charge in [0.2, 0.25) is 5.95 Å². The van der Waals surface area contributed by atoms with E-state index in [2.05, 4.69) is 31.2 Å². The Morgan fingerprint density at radius 2 is 1.62 bits per heavy atom. The Morgan fingerprint density at radius 3 is 2.34 bits per heavy atom. The summed E-state index contributed by atoms with van der Waals surface area (Å²) in [6, 6.07) is 15.0. The van der Waals surface area contributed by atoms with Crippen LogP contribution in [-0.2, 0) is 0 Å². The van der Waals surface area contributed by atoms with Crippen molar-refractivity contribution in [3.05, 3.63) is 65.4 Å². The molecular formula is C22H26N6O. The molecule has 0 saturated carbocycles. The fourth-order valence-corrected chi connectivity index (χ4v) is 2.81. The molecule has 3 aromatic rings. The largest absolute Gasteiger partial charge is 0.354 e. The summed E-state index contributed by atoms with van der Waals surface area (Å²) >= 11 is 0. The second kappa shape index (κ2) is 9.05. The van der Waals surface area contributed by atoms with E-state index in [0.29, 0.717) is 17.5 Å². The molecule has 0 aliphatic rings. The lowest BCUT2D eigenvalue weighted by molar-refractivity contribution is 0.262. The normalized spacial score (nSPS) is 10.3. The van der Waals surface area contributed by atoms with E-state index in [1.54, 1.807) is 0 Å². The van der Waals surface area contributed by atoms with Crippen LogP contribution in [0.3, 0.4) is 0 Å². The van der Waals surface area contributed by atoms with Crippen LogP contribution in [0.5, 0.6) is 0 Å². The lowest BCUT2D eigenvalue weighted by atomic mass is 10.1. The fourth-order valence-electron chi connectivity index (χ4n) is 2.81. The summed E-state index contributed by atoms with van der Waals surface area (Å²) in [6.45, 7) is 8.64. The van der Waals surface area contributed by atoms with Gasteiger partial charge in [-0.3, -0.25) is 0 Å². The first-order chi connectivity index (χ1) is 13.9. The van der Waals surface area contributed by atoms with Gasteiger partial charge in [-0.1, -0.05) is 12.1 Å². The van der Waals surface area contributed by atoms with Crippen molar-refractivity contribution in [2.45, 2.75) is 27.7 Å². The van der Waals surface area contributed by atoms with Crippen molar-refractivity contribution in [2.24, 2.45) is 0 Å². The van der Waals surface area contributed by atoms with Gasteiger partial charge in [0.1, 0.15) is 5.82 Å². The molecule has 0 bridgehead atoms. The zero-order valence-corrected chi connectivity index (χ0v) is 17.1. The van der Waals surface area contributed by atoms with Gasteiger partial charge in [-0.15, -0.1) is 0 Å². The molecule has 7 nitrogen and oxygen atoms in total. The summed E-state index contributed by atoms with van der Waals surface area (Å²) in [5.74, 6) is 1.30. The molecule has 0 spiro atoms. The highest BCUT2D eigenvalue weighted by molar-refractivity contribution is 6.00. The molecule has 1 heterocycles. The molecule has 0 aliphatic carbocycles. The SMILES string of the molecule is CCNc1nc(C)cc(Nc2ccc(NC(=O)Nc3cc(C)ccc3C)cc2)n1. The molecule has 3 rings (SSSR count). The monoisotopic (exact) mass is 390 g/mol. The van der Waals surface area contributed by atoms with Crippen LogP contribution in [0.1, 0.15) is 23.7 Å². The van der Waals surface area contributed by atoms with Gasteiger partial charge in [-0.2, -0.15) is 4.98 Å². The van der Waals surface area contributed by atoms with E-state index in [-0.39, 0.29) is 6.03 Å². The Labute approximate surface area is 171 Å². The van der Waals surface area contributed by atoms with Gasteiger partial charge in [0.25, 0.3) is 0 Å². The summed E-state index contributed by atoms with van der Waals surface area (Å²) in [5, 5.41) is 12.1. The number of rotatable bonds is 6. The summed E-state index contributed by atoms with van der Waals surface area (Å²) in [6.07, 6.45) is 0. The number of nitrogens with one attached hydrogen (secondary N) is 4. The van der Waals surface area contributed by atoms with Gasteiger partial charge in [0, 0.05) is 35.4 Å². The number of hydrogen-bond acceptors (Lipinski definition) is 5. The first-order valence-electron chi connectivity index (χ1n) is 9.55. The van der Waals surface area contributed by atoms with E-state index in [1.807, 2.05) is 76.2 Å². The van der Waals surface area contributed by atoms with Gasteiger partial charge in [-0.05, 0) is 69.2 Å². The predicted molar refractivity (Wildman–Crippen MR) is 119 cm³/mol. The van der Waals surface area contributed by atoms with E-state index in [1.165, 1.54) is 0 Å². The standard InChI is InChI=1S/C22H26N6O/c1-5-23-21-24-16(4)13-20(28-21)25-17-8-10-18(11-9-17)26-22(29)27-19-12-14(2)6-7-15(19)3/h6-13H,5H2,1-4H3,(H2,26,27,29)(H2,23,24,25,28). The van der Waals surface area contributed by atoms with E-state index in [9.17, 15) is 4.79 Å². The highest BCUT2D eigenvalue weighted by Crippen LogP contribution is 2.20. The van der Waals surface area contributed by atoms with E-state index >= 15 is 0 Å². The first kappa shape index (κ1) is 20.1. The van der Waals surface area contributed by atoms with Crippen LogP contribution in [0, 0.1) is 20.8 Å². The molecule has 0 saturated heterocycles. The minimum Gasteiger partial charge on any atom is -0.354 e. The molecule has 0 atom stereocenters. The maximum Gasteiger partial charge on any atom is 0.323 e. The number of amides is 2. The molecule has 29 heavy (non-hydrogen) atoms. The molecule has 0 aliphatic heterocycles. The molecule has 1 aromatic heterocycles. The molecular weight excluding hydrogens is 364 g/mol. The molecule has 0 fully saturated rings. The third-order valence-corrected chi connectivity index (χ3v) is 4.25. The number of benzene rings is 2. The topological polar surface area (TPSA) is 91.0 Å². The minimum absolute atomic E-state index is 0.277. The van der Waals surface area contributed by atoms with Crippen molar-refractivity contribution in [2.75, 3.05) is 27.8 Å². The highest BCUT2D eigenvalue weighted by Gasteiger charge is 2.06. The maximum atomic E-state index is 12.3. The first-order valence-corrected chi connectivity index (χ1v) is 9.55. The molecule has 4 N–H and O–H groups in total. The molecule has 2 aromatic carbocycles. The summed E-state index contributed by atoms with van der Waals surface area (Å²) in [5.41, 5.74) is 5.36. The minimum atomic E-state index is -0.277. The molecule has 0 unspecified atom stereocenters.